The SMILES string of the molecule is CCCCCCCCC(CCCCCCCC)OC(=O)CCCCCCCN(C)CCCCCCCCCC(O)OCCCCCCC. The first-order chi connectivity index (χ1) is 23.5. The monoisotopic (exact) mass is 682 g/mol. The maximum Gasteiger partial charge on any atom is 0.306 e. The van der Waals surface area contributed by atoms with E-state index in [4.69, 9.17) is 9.47 Å². The number of aliphatic hydroxyl groups is 1. The van der Waals surface area contributed by atoms with Crippen LogP contribution in [0.2, 0.25) is 0 Å². The zero-order chi connectivity index (χ0) is 35.2. The van der Waals surface area contributed by atoms with E-state index in [-0.39, 0.29) is 12.1 Å². The summed E-state index contributed by atoms with van der Waals surface area (Å²) in [6.07, 6.45) is 39.5. The van der Waals surface area contributed by atoms with Gasteiger partial charge in [-0.3, -0.25) is 4.79 Å². The van der Waals surface area contributed by atoms with Crippen LogP contribution in [0, 0.1) is 0 Å². The molecule has 1 unspecified atom stereocenters. The van der Waals surface area contributed by atoms with E-state index in [1.54, 1.807) is 0 Å². The summed E-state index contributed by atoms with van der Waals surface area (Å²) < 4.78 is 11.6. The average Bonchev–Trinajstić information content (AvgIpc) is 3.08. The molecule has 0 spiro atoms. The predicted molar refractivity (Wildman–Crippen MR) is 209 cm³/mol. The highest BCUT2D eigenvalue weighted by atomic mass is 16.6. The molecule has 0 aromatic heterocycles. The summed E-state index contributed by atoms with van der Waals surface area (Å²) in [5.74, 6) is 0.0453. The number of aliphatic hydroxyl groups excluding tert-OH is 1. The highest BCUT2D eigenvalue weighted by Gasteiger charge is 2.14. The fraction of sp³-hybridized carbons (Fsp3) is 0.977. The lowest BCUT2D eigenvalue weighted by Gasteiger charge is -2.18. The van der Waals surface area contributed by atoms with Crippen LogP contribution in [0.4, 0.5) is 0 Å². The van der Waals surface area contributed by atoms with Crippen LogP contribution < -0.4 is 0 Å². The Labute approximate surface area is 301 Å². The third-order valence-electron chi connectivity index (χ3n) is 10.0. The van der Waals surface area contributed by atoms with Gasteiger partial charge in [-0.15, -0.1) is 0 Å². The van der Waals surface area contributed by atoms with Gasteiger partial charge in [0.1, 0.15) is 6.10 Å². The van der Waals surface area contributed by atoms with Gasteiger partial charge < -0.3 is 19.5 Å². The largest absolute Gasteiger partial charge is 0.462 e. The molecule has 0 saturated carbocycles. The molecule has 288 valence electrons. The predicted octanol–water partition coefficient (Wildman–Crippen LogP) is 13.1. The Morgan fingerprint density at radius 3 is 1.35 bits per heavy atom. The van der Waals surface area contributed by atoms with Gasteiger partial charge in [0.2, 0.25) is 0 Å². The number of unbranched alkanes of at least 4 members (excludes halogenated alkanes) is 24. The van der Waals surface area contributed by atoms with Gasteiger partial charge in [-0.2, -0.15) is 0 Å². The number of rotatable bonds is 40. The molecule has 0 rings (SSSR count). The molecule has 0 aromatic rings. The Bertz CT molecular complexity index is 614. The van der Waals surface area contributed by atoms with E-state index in [1.165, 1.54) is 174 Å². The summed E-state index contributed by atoms with van der Waals surface area (Å²) in [6, 6.07) is 0. The second-order valence-corrected chi connectivity index (χ2v) is 15.0. The molecule has 0 aromatic carbocycles. The maximum atomic E-state index is 12.6. The van der Waals surface area contributed by atoms with Crippen molar-refractivity contribution in [1.82, 2.24) is 4.90 Å². The molecule has 0 heterocycles. The normalized spacial score (nSPS) is 12.4. The molecule has 5 heteroatoms. The zero-order valence-electron chi connectivity index (χ0n) is 33.2. The van der Waals surface area contributed by atoms with E-state index in [1.807, 2.05) is 0 Å². The van der Waals surface area contributed by atoms with Crippen molar-refractivity contribution in [2.45, 2.75) is 245 Å². The number of carbonyl (C=O) groups is 1. The molecule has 48 heavy (non-hydrogen) atoms. The molecule has 0 saturated heterocycles. The van der Waals surface area contributed by atoms with Gasteiger partial charge in [0, 0.05) is 13.0 Å². The van der Waals surface area contributed by atoms with Gasteiger partial charge in [-0.1, -0.05) is 162 Å². The van der Waals surface area contributed by atoms with Crippen LogP contribution >= 0.6 is 0 Å². The molecule has 1 atom stereocenters. The van der Waals surface area contributed by atoms with Crippen LogP contribution in [-0.2, 0) is 14.3 Å². The molecule has 0 fully saturated rings. The summed E-state index contributed by atoms with van der Waals surface area (Å²) in [5, 5.41) is 9.98. The molecule has 0 amide bonds. The van der Waals surface area contributed by atoms with Crippen molar-refractivity contribution >= 4 is 5.97 Å². The summed E-state index contributed by atoms with van der Waals surface area (Å²) in [5.41, 5.74) is 0. The first-order valence-electron chi connectivity index (χ1n) is 21.7. The minimum absolute atomic E-state index is 0.0453. The van der Waals surface area contributed by atoms with Crippen molar-refractivity contribution in [2.75, 3.05) is 26.7 Å². The summed E-state index contributed by atoms with van der Waals surface area (Å²) >= 11 is 0. The molecule has 0 radical (unpaired) electrons. The highest BCUT2D eigenvalue weighted by Crippen LogP contribution is 2.18. The number of hydrogen-bond acceptors (Lipinski definition) is 5. The van der Waals surface area contributed by atoms with Crippen LogP contribution in [0.3, 0.4) is 0 Å². The van der Waals surface area contributed by atoms with E-state index < -0.39 is 6.29 Å². The topological polar surface area (TPSA) is 59.0 Å². The molecule has 0 aliphatic rings. The lowest BCUT2D eigenvalue weighted by Crippen LogP contribution is -2.20. The van der Waals surface area contributed by atoms with Crippen molar-refractivity contribution in [3.63, 3.8) is 0 Å². The van der Waals surface area contributed by atoms with E-state index in [2.05, 4.69) is 32.7 Å². The number of ether oxygens (including phenoxy) is 2. The minimum atomic E-state index is -0.563. The van der Waals surface area contributed by atoms with Crippen molar-refractivity contribution < 1.29 is 19.4 Å². The van der Waals surface area contributed by atoms with Crippen molar-refractivity contribution in [2.24, 2.45) is 0 Å². The second-order valence-electron chi connectivity index (χ2n) is 15.0. The Hall–Kier alpha value is -0.650. The van der Waals surface area contributed by atoms with Crippen molar-refractivity contribution in [1.29, 1.82) is 0 Å². The minimum Gasteiger partial charge on any atom is -0.462 e. The standard InChI is InChI=1S/C43H87NO4/c1-5-8-11-14-20-27-34-41(35-28-21-15-12-9-6-2)48-43(46)37-30-23-19-25-32-39-44(4)38-31-24-18-16-17-22-29-36-42(45)47-40-33-26-13-10-7-3/h41-42,45H,5-40H2,1-4H3. The van der Waals surface area contributed by atoms with Gasteiger partial charge in [0.25, 0.3) is 0 Å². The van der Waals surface area contributed by atoms with Gasteiger partial charge in [0.15, 0.2) is 6.29 Å². The van der Waals surface area contributed by atoms with Crippen molar-refractivity contribution in [3.8, 4) is 0 Å². The number of carbonyl (C=O) groups excluding carboxylic acids is 1. The third kappa shape index (κ3) is 36.6. The zero-order valence-corrected chi connectivity index (χ0v) is 33.2. The maximum absolute atomic E-state index is 12.6. The molecule has 1 N–H and O–H groups in total. The van der Waals surface area contributed by atoms with E-state index >= 15 is 0 Å². The van der Waals surface area contributed by atoms with Crippen molar-refractivity contribution in [3.05, 3.63) is 0 Å². The quantitative estimate of drug-likeness (QED) is 0.0396. The van der Waals surface area contributed by atoms with Gasteiger partial charge in [0.05, 0.1) is 0 Å². The van der Waals surface area contributed by atoms with E-state index in [0.717, 1.165) is 44.9 Å². The number of nitrogens with zero attached hydrogens (tertiary/aromatic N) is 1. The Morgan fingerprint density at radius 2 is 0.875 bits per heavy atom. The van der Waals surface area contributed by atoms with Crippen LogP contribution in [-0.4, -0.2) is 55.1 Å². The lowest BCUT2D eigenvalue weighted by atomic mass is 10.0. The Kier molecular flexibility index (Phi) is 38.6. The van der Waals surface area contributed by atoms with Crippen LogP contribution in [0.15, 0.2) is 0 Å². The molecule has 5 nitrogen and oxygen atoms in total. The first-order valence-corrected chi connectivity index (χ1v) is 21.7. The Morgan fingerprint density at radius 1 is 0.500 bits per heavy atom. The molecule has 0 bridgehead atoms. The summed E-state index contributed by atoms with van der Waals surface area (Å²) in [4.78, 5) is 15.1. The van der Waals surface area contributed by atoms with Crippen LogP contribution in [0.5, 0.6) is 0 Å². The molecule has 0 aliphatic heterocycles. The summed E-state index contributed by atoms with van der Waals surface area (Å²) in [7, 11) is 2.27. The molecule has 0 aliphatic carbocycles. The van der Waals surface area contributed by atoms with Crippen LogP contribution in [0.25, 0.3) is 0 Å². The highest BCUT2D eigenvalue weighted by molar-refractivity contribution is 5.69. The van der Waals surface area contributed by atoms with Gasteiger partial charge in [-0.05, 0) is 84.3 Å². The summed E-state index contributed by atoms with van der Waals surface area (Å²) in [6.45, 7) is 9.86. The van der Waals surface area contributed by atoms with Crippen LogP contribution in [0.1, 0.15) is 233 Å². The van der Waals surface area contributed by atoms with Gasteiger partial charge in [-0.25, -0.2) is 0 Å². The second kappa shape index (κ2) is 39.1. The molecular formula is C43H87NO4. The average molecular weight is 682 g/mol. The van der Waals surface area contributed by atoms with E-state index in [0.29, 0.717) is 13.0 Å². The number of hydrogen-bond donors (Lipinski definition) is 1. The smallest absolute Gasteiger partial charge is 0.306 e. The number of esters is 1. The lowest BCUT2D eigenvalue weighted by molar-refractivity contribution is -0.150. The third-order valence-corrected chi connectivity index (χ3v) is 10.0. The fourth-order valence-corrected chi connectivity index (χ4v) is 6.70. The van der Waals surface area contributed by atoms with Gasteiger partial charge >= 0.3 is 5.97 Å². The molecular weight excluding hydrogens is 594 g/mol. The Balaban J connectivity index is 3.73. The first kappa shape index (κ1) is 47.4. The fourth-order valence-electron chi connectivity index (χ4n) is 6.70. The van der Waals surface area contributed by atoms with E-state index in [9.17, 15) is 9.90 Å².